The van der Waals surface area contributed by atoms with Crippen LogP contribution in [0.5, 0.6) is 0 Å². The lowest BCUT2D eigenvalue weighted by Crippen LogP contribution is -2.11. The van der Waals surface area contributed by atoms with Gasteiger partial charge in [0.15, 0.2) is 0 Å². The molecule has 1 heterocycles. The van der Waals surface area contributed by atoms with Crippen molar-refractivity contribution in [2.45, 2.75) is 44.4 Å². The molecule has 0 spiro atoms. The molecule has 0 saturated carbocycles. The number of rotatable bonds is 5. The lowest BCUT2D eigenvalue weighted by atomic mass is 10.0. The smallest absolute Gasteiger partial charge is 0.378 e. The molecule has 1 aromatic carbocycles. The van der Waals surface area contributed by atoms with Gasteiger partial charge in [-0.15, -0.1) is 0 Å². The van der Waals surface area contributed by atoms with Gasteiger partial charge in [-0.2, -0.15) is 13.2 Å². The van der Waals surface area contributed by atoms with Crippen molar-refractivity contribution >= 4 is 5.78 Å². The van der Waals surface area contributed by atoms with Crippen molar-refractivity contribution in [2.75, 3.05) is 6.61 Å². The summed E-state index contributed by atoms with van der Waals surface area (Å²) in [5.74, 6) is -0.0418. The standard InChI is InChI=1S/C15H17F3O2/c16-15(17,18)12-4-1-3-11(9-12)10-13(19)6-7-14-5-2-8-20-14/h1,3-4,9,14H,2,5-8,10H2. The van der Waals surface area contributed by atoms with Crippen molar-refractivity contribution in [1.82, 2.24) is 0 Å². The fourth-order valence-electron chi connectivity index (χ4n) is 2.37. The molecule has 1 saturated heterocycles. The minimum Gasteiger partial charge on any atom is -0.378 e. The Kier molecular flexibility index (Phi) is 4.81. The molecule has 0 N–H and O–H groups in total. The molecule has 0 amide bonds. The van der Waals surface area contributed by atoms with Crippen LogP contribution in [0, 0.1) is 0 Å². The Morgan fingerprint density at radius 1 is 1.35 bits per heavy atom. The van der Waals surface area contributed by atoms with Crippen LogP contribution in [0.2, 0.25) is 0 Å². The molecule has 0 bridgehead atoms. The van der Waals surface area contributed by atoms with Crippen LogP contribution in [0.15, 0.2) is 24.3 Å². The van der Waals surface area contributed by atoms with Gasteiger partial charge >= 0.3 is 6.18 Å². The van der Waals surface area contributed by atoms with Gasteiger partial charge in [0, 0.05) is 19.4 Å². The van der Waals surface area contributed by atoms with E-state index in [1.807, 2.05) is 0 Å². The Morgan fingerprint density at radius 3 is 2.80 bits per heavy atom. The van der Waals surface area contributed by atoms with Crippen LogP contribution in [-0.2, 0) is 22.1 Å². The predicted octanol–water partition coefficient (Wildman–Crippen LogP) is 3.78. The normalized spacial score (nSPS) is 19.2. The second-order valence-corrected chi connectivity index (χ2v) is 5.09. The fraction of sp³-hybridized carbons (Fsp3) is 0.533. The molecule has 2 nitrogen and oxygen atoms in total. The van der Waals surface area contributed by atoms with Gasteiger partial charge in [0.1, 0.15) is 5.78 Å². The number of carbonyl (C=O) groups excluding carboxylic acids is 1. The van der Waals surface area contributed by atoms with Crippen LogP contribution in [-0.4, -0.2) is 18.5 Å². The Bertz CT molecular complexity index is 462. The Labute approximate surface area is 115 Å². The molecular weight excluding hydrogens is 269 g/mol. The highest BCUT2D eigenvalue weighted by Crippen LogP contribution is 2.29. The second-order valence-electron chi connectivity index (χ2n) is 5.09. The van der Waals surface area contributed by atoms with Crippen molar-refractivity contribution in [2.24, 2.45) is 0 Å². The number of benzene rings is 1. The van der Waals surface area contributed by atoms with E-state index in [4.69, 9.17) is 4.74 Å². The number of carbonyl (C=O) groups is 1. The lowest BCUT2D eigenvalue weighted by molar-refractivity contribution is -0.137. The van der Waals surface area contributed by atoms with Gasteiger partial charge < -0.3 is 4.74 Å². The average Bonchev–Trinajstić information content (AvgIpc) is 2.89. The molecule has 0 aliphatic carbocycles. The number of Topliss-reactive ketones (excluding diaryl/α,β-unsaturated/α-hetero) is 1. The van der Waals surface area contributed by atoms with Crippen LogP contribution in [0.3, 0.4) is 0 Å². The maximum absolute atomic E-state index is 12.6. The summed E-state index contributed by atoms with van der Waals surface area (Å²) < 4.78 is 43.1. The maximum Gasteiger partial charge on any atom is 0.416 e. The highest BCUT2D eigenvalue weighted by atomic mass is 19.4. The summed E-state index contributed by atoms with van der Waals surface area (Å²) in [7, 11) is 0. The van der Waals surface area contributed by atoms with E-state index >= 15 is 0 Å². The van der Waals surface area contributed by atoms with Gasteiger partial charge in [0.2, 0.25) is 0 Å². The Morgan fingerprint density at radius 2 is 2.15 bits per heavy atom. The molecule has 1 aliphatic heterocycles. The average molecular weight is 286 g/mol. The summed E-state index contributed by atoms with van der Waals surface area (Å²) in [6, 6.07) is 4.95. The van der Waals surface area contributed by atoms with Crippen molar-refractivity contribution in [3.8, 4) is 0 Å². The number of hydrogen-bond acceptors (Lipinski definition) is 2. The van der Waals surface area contributed by atoms with Crippen LogP contribution < -0.4 is 0 Å². The van der Waals surface area contributed by atoms with Crippen molar-refractivity contribution in [3.05, 3.63) is 35.4 Å². The zero-order valence-electron chi connectivity index (χ0n) is 11.1. The molecule has 2 rings (SSSR count). The molecule has 5 heteroatoms. The maximum atomic E-state index is 12.6. The third kappa shape index (κ3) is 4.34. The van der Waals surface area contributed by atoms with Crippen LogP contribution in [0.4, 0.5) is 13.2 Å². The van der Waals surface area contributed by atoms with Gasteiger partial charge in [-0.3, -0.25) is 4.79 Å². The van der Waals surface area contributed by atoms with Gasteiger partial charge in [0.25, 0.3) is 0 Å². The summed E-state index contributed by atoms with van der Waals surface area (Å²) in [5.41, 5.74) is -0.293. The first-order chi connectivity index (χ1) is 9.45. The first kappa shape index (κ1) is 15.0. The molecule has 1 atom stereocenters. The van der Waals surface area contributed by atoms with Crippen molar-refractivity contribution in [3.63, 3.8) is 0 Å². The summed E-state index contributed by atoms with van der Waals surface area (Å²) in [5, 5.41) is 0. The third-order valence-corrected chi connectivity index (χ3v) is 3.42. The van der Waals surface area contributed by atoms with Gasteiger partial charge in [0.05, 0.1) is 11.7 Å². The largest absolute Gasteiger partial charge is 0.416 e. The fourth-order valence-corrected chi connectivity index (χ4v) is 2.37. The second kappa shape index (κ2) is 6.39. The summed E-state index contributed by atoms with van der Waals surface area (Å²) >= 11 is 0. The minimum atomic E-state index is -4.36. The first-order valence-electron chi connectivity index (χ1n) is 6.74. The highest BCUT2D eigenvalue weighted by molar-refractivity contribution is 5.80. The number of ether oxygens (including phenoxy) is 1. The quantitative estimate of drug-likeness (QED) is 0.823. The van der Waals surface area contributed by atoms with Crippen molar-refractivity contribution < 1.29 is 22.7 Å². The molecule has 1 aromatic rings. The Balaban J connectivity index is 1.87. The molecule has 1 aliphatic rings. The van der Waals surface area contributed by atoms with Crippen LogP contribution >= 0.6 is 0 Å². The molecule has 20 heavy (non-hydrogen) atoms. The number of halogens is 3. The van der Waals surface area contributed by atoms with E-state index in [0.717, 1.165) is 31.6 Å². The summed E-state index contributed by atoms with van der Waals surface area (Å²) in [6.45, 7) is 0.743. The van der Waals surface area contributed by atoms with Gasteiger partial charge in [-0.05, 0) is 30.9 Å². The third-order valence-electron chi connectivity index (χ3n) is 3.42. The Hall–Kier alpha value is -1.36. The van der Waals surface area contributed by atoms with Gasteiger partial charge in [-0.25, -0.2) is 0 Å². The lowest BCUT2D eigenvalue weighted by Gasteiger charge is -2.10. The molecule has 110 valence electrons. The monoisotopic (exact) mass is 286 g/mol. The molecule has 0 aromatic heterocycles. The summed E-state index contributed by atoms with van der Waals surface area (Å²) in [6.07, 6.45) is -1.16. The number of ketones is 1. The van der Waals surface area contributed by atoms with Gasteiger partial charge in [-0.1, -0.05) is 18.2 Å². The first-order valence-corrected chi connectivity index (χ1v) is 6.74. The zero-order valence-corrected chi connectivity index (χ0v) is 11.1. The van der Waals surface area contributed by atoms with Crippen LogP contribution in [0.1, 0.15) is 36.8 Å². The van der Waals surface area contributed by atoms with E-state index in [1.54, 1.807) is 6.07 Å². The van der Waals surface area contributed by atoms with E-state index in [9.17, 15) is 18.0 Å². The van der Waals surface area contributed by atoms with E-state index in [1.165, 1.54) is 6.07 Å². The number of alkyl halides is 3. The van der Waals surface area contributed by atoms with E-state index in [2.05, 4.69) is 0 Å². The molecule has 1 unspecified atom stereocenters. The van der Waals surface area contributed by atoms with E-state index < -0.39 is 11.7 Å². The minimum absolute atomic E-state index is 0.0418. The molecular formula is C15H17F3O2. The number of hydrogen-bond donors (Lipinski definition) is 0. The molecule has 1 fully saturated rings. The van der Waals surface area contributed by atoms with E-state index in [-0.39, 0.29) is 18.3 Å². The van der Waals surface area contributed by atoms with E-state index in [0.29, 0.717) is 18.4 Å². The molecule has 0 radical (unpaired) electrons. The summed E-state index contributed by atoms with van der Waals surface area (Å²) in [4.78, 5) is 11.8. The van der Waals surface area contributed by atoms with Crippen LogP contribution in [0.25, 0.3) is 0 Å². The highest BCUT2D eigenvalue weighted by Gasteiger charge is 2.30. The zero-order chi connectivity index (χ0) is 14.6. The SMILES string of the molecule is O=C(CCC1CCCO1)Cc1cccc(C(F)(F)F)c1. The predicted molar refractivity (Wildman–Crippen MR) is 68.4 cm³/mol. The van der Waals surface area contributed by atoms with Crippen molar-refractivity contribution in [1.29, 1.82) is 0 Å². The topological polar surface area (TPSA) is 26.3 Å².